The van der Waals surface area contributed by atoms with Crippen molar-refractivity contribution < 1.29 is 14.6 Å². The van der Waals surface area contributed by atoms with Crippen molar-refractivity contribution in [3.8, 4) is 0 Å². The minimum atomic E-state index is -0.694. The van der Waals surface area contributed by atoms with Gasteiger partial charge in [0.2, 0.25) is 0 Å². The number of likely N-dealkylation sites (tertiary alicyclic amines) is 1. The van der Waals surface area contributed by atoms with Gasteiger partial charge in [0.1, 0.15) is 6.04 Å². The summed E-state index contributed by atoms with van der Waals surface area (Å²) >= 11 is 0. The number of carboxylic acid groups (broad SMARTS) is 1. The quantitative estimate of drug-likeness (QED) is 0.648. The zero-order valence-corrected chi connectivity index (χ0v) is 9.61. The molecular formula is C11H21NO3. The highest BCUT2D eigenvalue weighted by atomic mass is 16.5. The van der Waals surface area contributed by atoms with Gasteiger partial charge in [-0.15, -0.1) is 0 Å². The molecule has 1 rings (SSSR count). The summed E-state index contributed by atoms with van der Waals surface area (Å²) in [4.78, 5) is 13.1. The maximum Gasteiger partial charge on any atom is 0.320 e. The van der Waals surface area contributed by atoms with Crippen molar-refractivity contribution in [3.63, 3.8) is 0 Å². The Kier molecular flexibility index (Phi) is 5.05. The van der Waals surface area contributed by atoms with E-state index in [0.29, 0.717) is 18.9 Å². The summed E-state index contributed by atoms with van der Waals surface area (Å²) in [6, 6.07) is -0.303. The van der Waals surface area contributed by atoms with E-state index in [2.05, 4.69) is 11.8 Å². The van der Waals surface area contributed by atoms with Crippen molar-refractivity contribution in [1.29, 1.82) is 0 Å². The molecule has 0 radical (unpaired) electrons. The first-order valence-corrected chi connectivity index (χ1v) is 5.64. The van der Waals surface area contributed by atoms with Gasteiger partial charge in [0.25, 0.3) is 0 Å². The molecule has 88 valence electrons. The minimum absolute atomic E-state index is 0.303. The summed E-state index contributed by atoms with van der Waals surface area (Å²) in [6.45, 7) is 4.69. The van der Waals surface area contributed by atoms with Crippen LogP contribution in [0.15, 0.2) is 0 Å². The lowest BCUT2D eigenvalue weighted by molar-refractivity contribution is -0.146. The third-order valence-electron chi connectivity index (χ3n) is 3.11. The maximum atomic E-state index is 11.0. The van der Waals surface area contributed by atoms with Gasteiger partial charge in [0.15, 0.2) is 0 Å². The molecule has 1 saturated heterocycles. The normalized spacial score (nSPS) is 19.9. The molecule has 1 atom stereocenters. The number of hydrogen-bond acceptors (Lipinski definition) is 3. The van der Waals surface area contributed by atoms with Crippen LogP contribution in [-0.4, -0.2) is 48.8 Å². The molecule has 1 N–H and O–H groups in total. The third kappa shape index (κ3) is 3.47. The molecule has 0 spiro atoms. The van der Waals surface area contributed by atoms with Crippen LogP contribution >= 0.6 is 0 Å². The number of ether oxygens (including phenoxy) is 1. The molecule has 1 unspecified atom stereocenters. The fourth-order valence-corrected chi connectivity index (χ4v) is 2.01. The van der Waals surface area contributed by atoms with Crippen LogP contribution in [0.3, 0.4) is 0 Å². The Hall–Kier alpha value is -0.610. The van der Waals surface area contributed by atoms with Crippen LogP contribution in [-0.2, 0) is 9.53 Å². The number of aliphatic carboxylic acids is 1. The number of carbonyl (C=O) groups is 1. The molecule has 0 aromatic rings. The van der Waals surface area contributed by atoms with Crippen LogP contribution < -0.4 is 0 Å². The molecule has 1 aliphatic rings. The molecule has 0 saturated carbocycles. The number of carboxylic acids is 1. The predicted molar refractivity (Wildman–Crippen MR) is 57.9 cm³/mol. The Labute approximate surface area is 91.2 Å². The molecule has 0 aromatic heterocycles. The number of methoxy groups -OCH3 is 1. The predicted octanol–water partition coefficient (Wildman–Crippen LogP) is 1.21. The Bertz CT molecular complexity index is 202. The monoisotopic (exact) mass is 215 g/mol. The van der Waals surface area contributed by atoms with Crippen LogP contribution in [0.4, 0.5) is 0 Å². The first kappa shape index (κ1) is 12.5. The van der Waals surface area contributed by atoms with Crippen LogP contribution in [0.5, 0.6) is 0 Å². The second-order valence-electron chi connectivity index (χ2n) is 4.22. The third-order valence-corrected chi connectivity index (χ3v) is 3.11. The van der Waals surface area contributed by atoms with Gasteiger partial charge in [-0.25, -0.2) is 0 Å². The molecule has 0 bridgehead atoms. The van der Waals surface area contributed by atoms with Gasteiger partial charge >= 0.3 is 5.97 Å². The molecule has 0 aromatic carbocycles. The first-order valence-electron chi connectivity index (χ1n) is 5.64. The molecule has 0 amide bonds. The first-order chi connectivity index (χ1) is 7.19. The zero-order chi connectivity index (χ0) is 11.3. The van der Waals surface area contributed by atoms with E-state index < -0.39 is 5.97 Å². The molecule has 1 heterocycles. The number of rotatable bonds is 7. The summed E-state index contributed by atoms with van der Waals surface area (Å²) in [5, 5.41) is 9.08. The molecule has 1 fully saturated rings. The average Bonchev–Trinajstić information content (AvgIpc) is 2.13. The van der Waals surface area contributed by atoms with Gasteiger partial charge in [-0.2, -0.15) is 0 Å². The van der Waals surface area contributed by atoms with Crippen molar-refractivity contribution in [3.05, 3.63) is 0 Å². The van der Waals surface area contributed by atoms with E-state index in [1.165, 1.54) is 0 Å². The fourth-order valence-electron chi connectivity index (χ4n) is 2.01. The molecule has 0 aliphatic carbocycles. The lowest BCUT2D eigenvalue weighted by Gasteiger charge is -2.42. The Morgan fingerprint density at radius 1 is 1.60 bits per heavy atom. The van der Waals surface area contributed by atoms with Gasteiger partial charge in [0.05, 0.1) is 0 Å². The van der Waals surface area contributed by atoms with Crippen molar-refractivity contribution in [2.45, 2.75) is 32.2 Å². The summed E-state index contributed by atoms with van der Waals surface area (Å²) in [6.07, 6.45) is 2.67. The Balaban J connectivity index is 2.29. The molecule has 4 heteroatoms. The summed E-state index contributed by atoms with van der Waals surface area (Å²) in [5.74, 6) is 0.00920. The topological polar surface area (TPSA) is 49.8 Å². The van der Waals surface area contributed by atoms with Crippen molar-refractivity contribution in [1.82, 2.24) is 4.90 Å². The van der Waals surface area contributed by atoms with Crippen LogP contribution in [0.2, 0.25) is 0 Å². The second kappa shape index (κ2) is 6.08. The van der Waals surface area contributed by atoms with Gasteiger partial charge in [-0.05, 0) is 18.8 Å². The van der Waals surface area contributed by atoms with Gasteiger partial charge in [-0.3, -0.25) is 9.69 Å². The second-order valence-corrected chi connectivity index (χ2v) is 4.22. The van der Waals surface area contributed by atoms with Gasteiger partial charge < -0.3 is 9.84 Å². The largest absolute Gasteiger partial charge is 0.480 e. The average molecular weight is 215 g/mol. The van der Waals surface area contributed by atoms with E-state index in [1.54, 1.807) is 7.11 Å². The van der Waals surface area contributed by atoms with Crippen LogP contribution in [0, 0.1) is 5.92 Å². The molecule has 1 aliphatic heterocycles. The summed E-state index contributed by atoms with van der Waals surface area (Å²) in [5.41, 5.74) is 0. The SMILES string of the molecule is CCC1CN(C(CCCOC)C(=O)O)C1. The van der Waals surface area contributed by atoms with Crippen molar-refractivity contribution in [2.75, 3.05) is 26.8 Å². The lowest BCUT2D eigenvalue weighted by Crippen LogP contribution is -2.54. The van der Waals surface area contributed by atoms with E-state index in [4.69, 9.17) is 9.84 Å². The standard InChI is InChI=1S/C11H21NO3/c1-3-9-7-12(8-9)10(11(13)14)5-4-6-15-2/h9-10H,3-8H2,1-2H3,(H,13,14). The smallest absolute Gasteiger partial charge is 0.320 e. The minimum Gasteiger partial charge on any atom is -0.480 e. The van der Waals surface area contributed by atoms with E-state index in [9.17, 15) is 4.79 Å². The number of nitrogens with zero attached hydrogens (tertiary/aromatic N) is 1. The van der Waals surface area contributed by atoms with Crippen molar-refractivity contribution in [2.24, 2.45) is 5.92 Å². The molecular weight excluding hydrogens is 194 g/mol. The summed E-state index contributed by atoms with van der Waals surface area (Å²) < 4.78 is 4.93. The highest BCUT2D eigenvalue weighted by molar-refractivity contribution is 5.73. The van der Waals surface area contributed by atoms with E-state index in [0.717, 1.165) is 25.9 Å². The highest BCUT2D eigenvalue weighted by Gasteiger charge is 2.34. The van der Waals surface area contributed by atoms with E-state index in [-0.39, 0.29) is 6.04 Å². The molecule has 15 heavy (non-hydrogen) atoms. The Morgan fingerprint density at radius 3 is 2.73 bits per heavy atom. The van der Waals surface area contributed by atoms with Crippen molar-refractivity contribution >= 4 is 5.97 Å². The van der Waals surface area contributed by atoms with Crippen LogP contribution in [0.25, 0.3) is 0 Å². The molecule has 4 nitrogen and oxygen atoms in total. The van der Waals surface area contributed by atoms with Gasteiger partial charge in [-0.1, -0.05) is 13.3 Å². The lowest BCUT2D eigenvalue weighted by atomic mass is 9.94. The van der Waals surface area contributed by atoms with Gasteiger partial charge in [0, 0.05) is 26.8 Å². The summed E-state index contributed by atoms with van der Waals surface area (Å²) in [7, 11) is 1.65. The number of hydrogen-bond donors (Lipinski definition) is 1. The van der Waals surface area contributed by atoms with Crippen LogP contribution in [0.1, 0.15) is 26.2 Å². The fraction of sp³-hybridized carbons (Fsp3) is 0.909. The van der Waals surface area contributed by atoms with E-state index in [1.807, 2.05) is 0 Å². The van der Waals surface area contributed by atoms with E-state index >= 15 is 0 Å². The zero-order valence-electron chi connectivity index (χ0n) is 9.61. The maximum absolute atomic E-state index is 11.0. The Morgan fingerprint density at radius 2 is 2.27 bits per heavy atom. The highest BCUT2D eigenvalue weighted by Crippen LogP contribution is 2.23.